The van der Waals surface area contributed by atoms with Crippen molar-refractivity contribution < 1.29 is 14.3 Å². The van der Waals surface area contributed by atoms with E-state index >= 15 is 0 Å². The zero-order valence-corrected chi connectivity index (χ0v) is 18.4. The molecular formula is C24H25Cl2NO3. The molecule has 2 fully saturated rings. The van der Waals surface area contributed by atoms with Crippen molar-refractivity contribution in [1.82, 2.24) is 4.90 Å². The lowest BCUT2D eigenvalue weighted by Gasteiger charge is -2.45. The lowest BCUT2D eigenvalue weighted by Crippen LogP contribution is -2.48. The van der Waals surface area contributed by atoms with E-state index in [2.05, 4.69) is 6.07 Å². The van der Waals surface area contributed by atoms with Crippen molar-refractivity contribution in [2.45, 2.75) is 37.6 Å². The predicted octanol–water partition coefficient (Wildman–Crippen LogP) is 5.64. The van der Waals surface area contributed by atoms with Gasteiger partial charge in [0, 0.05) is 28.4 Å². The molecule has 0 N–H and O–H groups in total. The summed E-state index contributed by atoms with van der Waals surface area (Å²) in [6, 6.07) is 15.4. The van der Waals surface area contributed by atoms with Gasteiger partial charge in [0.2, 0.25) is 5.91 Å². The molecule has 0 aromatic heterocycles. The first-order valence-corrected chi connectivity index (χ1v) is 11.1. The summed E-state index contributed by atoms with van der Waals surface area (Å²) in [4.78, 5) is 27.5. The second-order valence-corrected chi connectivity index (χ2v) is 9.18. The van der Waals surface area contributed by atoms with Gasteiger partial charge in [0.15, 0.2) is 0 Å². The standard InChI is InChI=1S/C24H25Cl2NO3/c1-30-22(28)13-18-12-21(17-3-2-4-20(26)11-17)23(16-7-9-19(25)10-8-16)27(24(18)29)14-15-5-6-15/h2-4,7-11,15,18,21,23H,5-6,12-14H2,1H3/t18-,21-,23?/m1/s1. The number of amides is 1. The topological polar surface area (TPSA) is 46.6 Å². The Morgan fingerprint density at radius 1 is 1.07 bits per heavy atom. The van der Waals surface area contributed by atoms with Gasteiger partial charge < -0.3 is 9.64 Å². The minimum Gasteiger partial charge on any atom is -0.469 e. The third-order valence-electron chi connectivity index (χ3n) is 6.17. The van der Waals surface area contributed by atoms with E-state index in [0.29, 0.717) is 28.9 Å². The van der Waals surface area contributed by atoms with E-state index in [9.17, 15) is 9.59 Å². The summed E-state index contributed by atoms with van der Waals surface area (Å²) in [6.45, 7) is 0.709. The fraction of sp³-hybridized carbons (Fsp3) is 0.417. The zero-order chi connectivity index (χ0) is 21.3. The van der Waals surface area contributed by atoms with Crippen LogP contribution in [0.25, 0.3) is 0 Å². The molecule has 158 valence electrons. The number of nitrogens with zero attached hydrogens (tertiary/aromatic N) is 1. The van der Waals surface area contributed by atoms with Crippen LogP contribution in [0.1, 0.15) is 48.8 Å². The quantitative estimate of drug-likeness (QED) is 0.540. The Bertz CT molecular complexity index is 926. The number of carbonyl (C=O) groups is 2. The molecule has 2 aliphatic rings. The van der Waals surface area contributed by atoms with Crippen molar-refractivity contribution in [1.29, 1.82) is 0 Å². The van der Waals surface area contributed by atoms with Crippen molar-refractivity contribution in [3.05, 3.63) is 69.7 Å². The molecule has 1 aliphatic heterocycles. The van der Waals surface area contributed by atoms with Crippen molar-refractivity contribution >= 4 is 35.1 Å². The van der Waals surface area contributed by atoms with Crippen LogP contribution in [0.5, 0.6) is 0 Å². The lowest BCUT2D eigenvalue weighted by atomic mass is 9.75. The van der Waals surface area contributed by atoms with E-state index in [1.807, 2.05) is 47.4 Å². The highest BCUT2D eigenvalue weighted by atomic mass is 35.5. The van der Waals surface area contributed by atoms with Gasteiger partial charge in [-0.05, 0) is 60.6 Å². The molecule has 1 heterocycles. The maximum atomic E-state index is 13.5. The van der Waals surface area contributed by atoms with E-state index in [4.69, 9.17) is 27.9 Å². The van der Waals surface area contributed by atoms with Crippen LogP contribution in [-0.2, 0) is 14.3 Å². The molecule has 3 atom stereocenters. The maximum absolute atomic E-state index is 13.5. The number of halogens is 2. The van der Waals surface area contributed by atoms with Crippen LogP contribution in [-0.4, -0.2) is 30.4 Å². The second kappa shape index (κ2) is 8.99. The number of esters is 1. The predicted molar refractivity (Wildman–Crippen MR) is 118 cm³/mol. The summed E-state index contributed by atoms with van der Waals surface area (Å²) >= 11 is 12.4. The van der Waals surface area contributed by atoms with Crippen molar-refractivity contribution in [2.75, 3.05) is 13.7 Å². The smallest absolute Gasteiger partial charge is 0.306 e. The summed E-state index contributed by atoms with van der Waals surface area (Å²) < 4.78 is 4.87. The molecule has 1 aliphatic carbocycles. The number of hydrogen-bond donors (Lipinski definition) is 0. The van der Waals surface area contributed by atoms with Gasteiger partial charge in [-0.25, -0.2) is 0 Å². The first kappa shape index (κ1) is 21.2. The Kier molecular flexibility index (Phi) is 6.35. The van der Waals surface area contributed by atoms with E-state index in [1.165, 1.54) is 7.11 Å². The van der Waals surface area contributed by atoms with Crippen LogP contribution in [0.15, 0.2) is 48.5 Å². The Morgan fingerprint density at radius 3 is 2.43 bits per heavy atom. The molecular weight excluding hydrogens is 421 g/mol. The van der Waals surface area contributed by atoms with Crippen LogP contribution in [0, 0.1) is 11.8 Å². The molecule has 1 saturated carbocycles. The molecule has 0 radical (unpaired) electrons. The van der Waals surface area contributed by atoms with Gasteiger partial charge in [-0.15, -0.1) is 0 Å². The summed E-state index contributed by atoms with van der Waals surface area (Å²) in [6.07, 6.45) is 2.95. The van der Waals surface area contributed by atoms with Gasteiger partial charge in [-0.2, -0.15) is 0 Å². The third kappa shape index (κ3) is 4.65. The van der Waals surface area contributed by atoms with Gasteiger partial charge in [0.05, 0.1) is 19.6 Å². The van der Waals surface area contributed by atoms with E-state index < -0.39 is 5.92 Å². The molecule has 1 unspecified atom stereocenters. The Morgan fingerprint density at radius 2 is 1.80 bits per heavy atom. The third-order valence-corrected chi connectivity index (χ3v) is 6.66. The number of hydrogen-bond acceptors (Lipinski definition) is 3. The lowest BCUT2D eigenvalue weighted by molar-refractivity contribution is -0.151. The minimum atomic E-state index is -0.399. The number of methoxy groups -OCH3 is 1. The van der Waals surface area contributed by atoms with Crippen LogP contribution in [0.4, 0.5) is 0 Å². The molecule has 1 saturated heterocycles. The molecule has 6 heteroatoms. The summed E-state index contributed by atoms with van der Waals surface area (Å²) in [5, 5.41) is 1.33. The highest BCUT2D eigenvalue weighted by Crippen LogP contribution is 2.48. The number of carbonyl (C=O) groups excluding carboxylic acids is 2. The first-order chi connectivity index (χ1) is 14.5. The molecule has 2 aromatic carbocycles. The van der Waals surface area contributed by atoms with Crippen molar-refractivity contribution in [3.8, 4) is 0 Å². The Labute approximate surface area is 187 Å². The number of ether oxygens (including phenoxy) is 1. The molecule has 1 amide bonds. The van der Waals surface area contributed by atoms with E-state index in [-0.39, 0.29) is 30.3 Å². The SMILES string of the molecule is COC(=O)C[C@H]1C[C@H](c2cccc(Cl)c2)C(c2ccc(Cl)cc2)N(CC2CC2)C1=O. The number of benzene rings is 2. The van der Waals surface area contributed by atoms with Crippen LogP contribution < -0.4 is 0 Å². The normalized spacial score (nSPS) is 24.0. The highest BCUT2D eigenvalue weighted by Gasteiger charge is 2.45. The molecule has 2 aromatic rings. The van der Waals surface area contributed by atoms with Gasteiger partial charge >= 0.3 is 5.97 Å². The van der Waals surface area contributed by atoms with E-state index in [0.717, 1.165) is 24.0 Å². The summed E-state index contributed by atoms with van der Waals surface area (Å²) in [5.41, 5.74) is 2.13. The van der Waals surface area contributed by atoms with Crippen LogP contribution >= 0.6 is 23.2 Å². The molecule has 0 spiro atoms. The number of piperidine rings is 1. The number of rotatable bonds is 6. The first-order valence-electron chi connectivity index (χ1n) is 10.3. The molecule has 4 rings (SSSR count). The Balaban J connectivity index is 1.77. The largest absolute Gasteiger partial charge is 0.469 e. The van der Waals surface area contributed by atoms with Crippen molar-refractivity contribution in [3.63, 3.8) is 0 Å². The summed E-state index contributed by atoms with van der Waals surface area (Å²) in [7, 11) is 1.36. The van der Waals surface area contributed by atoms with Gasteiger partial charge in [0.1, 0.15) is 0 Å². The molecule has 0 bridgehead atoms. The van der Waals surface area contributed by atoms with E-state index in [1.54, 1.807) is 0 Å². The van der Waals surface area contributed by atoms with Crippen molar-refractivity contribution in [2.24, 2.45) is 11.8 Å². The van der Waals surface area contributed by atoms with Gasteiger partial charge in [-0.3, -0.25) is 9.59 Å². The maximum Gasteiger partial charge on any atom is 0.306 e. The summed E-state index contributed by atoms with van der Waals surface area (Å²) in [5.74, 6) is -0.166. The fourth-order valence-corrected chi connectivity index (χ4v) is 4.81. The van der Waals surface area contributed by atoms with Gasteiger partial charge in [0.25, 0.3) is 0 Å². The van der Waals surface area contributed by atoms with Crippen LogP contribution in [0.2, 0.25) is 10.0 Å². The minimum absolute atomic E-state index is 0.0241. The zero-order valence-electron chi connectivity index (χ0n) is 16.9. The molecule has 4 nitrogen and oxygen atoms in total. The highest BCUT2D eigenvalue weighted by molar-refractivity contribution is 6.30. The molecule has 30 heavy (non-hydrogen) atoms. The second-order valence-electron chi connectivity index (χ2n) is 8.30. The average molecular weight is 446 g/mol. The monoisotopic (exact) mass is 445 g/mol. The van der Waals surface area contributed by atoms with Gasteiger partial charge in [-0.1, -0.05) is 47.5 Å². The fourth-order valence-electron chi connectivity index (χ4n) is 4.49. The van der Waals surface area contributed by atoms with Crippen LogP contribution in [0.3, 0.4) is 0 Å². The Hall–Kier alpha value is -2.04. The number of likely N-dealkylation sites (tertiary alicyclic amines) is 1. The average Bonchev–Trinajstić information content (AvgIpc) is 3.55.